The maximum absolute atomic E-state index is 12.0. The van der Waals surface area contributed by atoms with Crippen molar-refractivity contribution in [3.05, 3.63) is 41.5 Å². The molecule has 5 nitrogen and oxygen atoms in total. The summed E-state index contributed by atoms with van der Waals surface area (Å²) < 4.78 is 5.23. The number of anilines is 1. The highest BCUT2D eigenvalue weighted by atomic mass is 16.5. The van der Waals surface area contributed by atoms with Crippen LogP contribution in [-0.2, 0) is 23.1 Å². The monoisotopic (exact) mass is 315 g/mol. The highest BCUT2D eigenvalue weighted by Gasteiger charge is 2.20. The zero-order chi connectivity index (χ0) is 16.9. The summed E-state index contributed by atoms with van der Waals surface area (Å²) in [5.74, 6) is 1.30. The number of carbonyl (C=O) groups excluding carboxylic acids is 1. The van der Waals surface area contributed by atoms with E-state index in [1.54, 1.807) is 0 Å². The van der Waals surface area contributed by atoms with Gasteiger partial charge in [-0.25, -0.2) is 0 Å². The molecule has 23 heavy (non-hydrogen) atoms. The SMILES string of the molecule is CCc1cccc(NC(=O)CCCc2nc(C(C)(C)C)no2)c1. The van der Waals surface area contributed by atoms with E-state index in [1.807, 2.05) is 39.0 Å². The number of hydrogen-bond acceptors (Lipinski definition) is 4. The van der Waals surface area contributed by atoms with Gasteiger partial charge in [0, 0.05) is 23.9 Å². The molecule has 0 atom stereocenters. The molecule has 0 radical (unpaired) electrons. The summed E-state index contributed by atoms with van der Waals surface area (Å²) in [7, 11) is 0. The Morgan fingerprint density at radius 1 is 1.30 bits per heavy atom. The van der Waals surface area contributed by atoms with Crippen molar-refractivity contribution in [1.82, 2.24) is 10.1 Å². The predicted molar refractivity (Wildman–Crippen MR) is 90.4 cm³/mol. The first-order valence-electron chi connectivity index (χ1n) is 8.10. The number of nitrogens with one attached hydrogen (secondary N) is 1. The van der Waals surface area contributed by atoms with Crippen molar-refractivity contribution in [2.24, 2.45) is 0 Å². The zero-order valence-corrected chi connectivity index (χ0v) is 14.3. The molecule has 2 aromatic rings. The first kappa shape index (κ1) is 17.2. The third-order valence-electron chi connectivity index (χ3n) is 3.55. The highest BCUT2D eigenvalue weighted by Crippen LogP contribution is 2.19. The Labute approximate surface area is 137 Å². The molecule has 0 saturated heterocycles. The van der Waals surface area contributed by atoms with Gasteiger partial charge in [0.15, 0.2) is 5.82 Å². The Balaban J connectivity index is 1.79. The van der Waals surface area contributed by atoms with Crippen molar-refractivity contribution in [3.63, 3.8) is 0 Å². The number of aromatic nitrogens is 2. The van der Waals surface area contributed by atoms with E-state index in [4.69, 9.17) is 4.52 Å². The van der Waals surface area contributed by atoms with E-state index < -0.39 is 0 Å². The molecule has 1 heterocycles. The summed E-state index contributed by atoms with van der Waals surface area (Å²) >= 11 is 0. The van der Waals surface area contributed by atoms with Gasteiger partial charge in [-0.05, 0) is 30.5 Å². The van der Waals surface area contributed by atoms with Gasteiger partial charge in [-0.2, -0.15) is 4.98 Å². The molecule has 1 amide bonds. The van der Waals surface area contributed by atoms with E-state index in [2.05, 4.69) is 28.4 Å². The highest BCUT2D eigenvalue weighted by molar-refractivity contribution is 5.90. The van der Waals surface area contributed by atoms with Crippen molar-refractivity contribution in [2.75, 3.05) is 5.32 Å². The number of aryl methyl sites for hydroxylation is 2. The molecule has 124 valence electrons. The van der Waals surface area contributed by atoms with E-state index in [-0.39, 0.29) is 11.3 Å². The summed E-state index contributed by atoms with van der Waals surface area (Å²) in [5, 5.41) is 6.91. The molecule has 0 spiro atoms. The van der Waals surface area contributed by atoms with Crippen molar-refractivity contribution >= 4 is 11.6 Å². The second kappa shape index (κ2) is 7.40. The number of amides is 1. The Hall–Kier alpha value is -2.17. The van der Waals surface area contributed by atoms with E-state index >= 15 is 0 Å². The smallest absolute Gasteiger partial charge is 0.226 e. The lowest BCUT2D eigenvalue weighted by atomic mass is 9.96. The van der Waals surface area contributed by atoms with Crippen LogP contribution in [0.2, 0.25) is 0 Å². The molecule has 0 aliphatic heterocycles. The van der Waals surface area contributed by atoms with Crippen LogP contribution in [0.4, 0.5) is 5.69 Å². The molecule has 0 saturated carbocycles. The second-order valence-corrected chi connectivity index (χ2v) is 6.72. The van der Waals surface area contributed by atoms with Crippen LogP contribution in [0.1, 0.15) is 57.8 Å². The van der Waals surface area contributed by atoms with Crippen LogP contribution in [0.5, 0.6) is 0 Å². The summed E-state index contributed by atoms with van der Waals surface area (Å²) in [6.07, 6.45) is 2.69. The largest absolute Gasteiger partial charge is 0.339 e. The Morgan fingerprint density at radius 2 is 2.09 bits per heavy atom. The quantitative estimate of drug-likeness (QED) is 0.878. The van der Waals surface area contributed by atoms with Gasteiger partial charge in [-0.1, -0.05) is 45.0 Å². The van der Waals surface area contributed by atoms with Crippen molar-refractivity contribution in [1.29, 1.82) is 0 Å². The first-order valence-corrected chi connectivity index (χ1v) is 8.10. The molecule has 0 unspecified atom stereocenters. The first-order chi connectivity index (χ1) is 10.9. The zero-order valence-electron chi connectivity index (χ0n) is 14.3. The van der Waals surface area contributed by atoms with Crippen LogP contribution in [0.3, 0.4) is 0 Å². The summed E-state index contributed by atoms with van der Waals surface area (Å²) in [5.41, 5.74) is 1.94. The van der Waals surface area contributed by atoms with E-state index in [0.29, 0.717) is 31.0 Å². The Morgan fingerprint density at radius 3 is 2.74 bits per heavy atom. The van der Waals surface area contributed by atoms with E-state index in [9.17, 15) is 4.79 Å². The molecular formula is C18H25N3O2. The van der Waals surface area contributed by atoms with Gasteiger partial charge in [0.1, 0.15) is 0 Å². The lowest BCUT2D eigenvalue weighted by Gasteiger charge is -2.10. The summed E-state index contributed by atoms with van der Waals surface area (Å²) in [6, 6.07) is 7.93. The Bertz CT molecular complexity index is 656. The van der Waals surface area contributed by atoms with Gasteiger partial charge in [0.2, 0.25) is 11.8 Å². The molecule has 5 heteroatoms. The lowest BCUT2D eigenvalue weighted by molar-refractivity contribution is -0.116. The topological polar surface area (TPSA) is 68.0 Å². The van der Waals surface area contributed by atoms with Gasteiger partial charge in [0.05, 0.1) is 0 Å². The van der Waals surface area contributed by atoms with Crippen LogP contribution in [0.15, 0.2) is 28.8 Å². The minimum absolute atomic E-state index is 0.00816. The molecule has 0 bridgehead atoms. The van der Waals surface area contributed by atoms with Crippen LogP contribution >= 0.6 is 0 Å². The molecule has 1 aromatic carbocycles. The van der Waals surface area contributed by atoms with Crippen LogP contribution < -0.4 is 5.32 Å². The molecule has 2 rings (SSSR count). The van der Waals surface area contributed by atoms with Crippen molar-refractivity contribution < 1.29 is 9.32 Å². The number of benzene rings is 1. The van der Waals surface area contributed by atoms with Gasteiger partial charge in [0.25, 0.3) is 0 Å². The van der Waals surface area contributed by atoms with Crippen LogP contribution in [-0.4, -0.2) is 16.0 Å². The minimum atomic E-state index is -0.122. The number of rotatable bonds is 6. The summed E-state index contributed by atoms with van der Waals surface area (Å²) in [6.45, 7) is 8.22. The molecule has 0 aliphatic carbocycles. The van der Waals surface area contributed by atoms with Crippen LogP contribution in [0, 0.1) is 0 Å². The fourth-order valence-electron chi connectivity index (χ4n) is 2.15. The summed E-state index contributed by atoms with van der Waals surface area (Å²) in [4.78, 5) is 16.4. The van der Waals surface area contributed by atoms with Gasteiger partial charge < -0.3 is 9.84 Å². The van der Waals surface area contributed by atoms with Crippen LogP contribution in [0.25, 0.3) is 0 Å². The molecular weight excluding hydrogens is 290 g/mol. The molecule has 0 fully saturated rings. The minimum Gasteiger partial charge on any atom is -0.339 e. The fourth-order valence-corrected chi connectivity index (χ4v) is 2.15. The third-order valence-corrected chi connectivity index (χ3v) is 3.55. The second-order valence-electron chi connectivity index (χ2n) is 6.72. The number of nitrogens with zero attached hydrogens (tertiary/aromatic N) is 2. The lowest BCUT2D eigenvalue weighted by Crippen LogP contribution is -2.13. The van der Waals surface area contributed by atoms with Gasteiger partial charge >= 0.3 is 0 Å². The Kier molecular flexibility index (Phi) is 5.53. The maximum atomic E-state index is 12.0. The van der Waals surface area contributed by atoms with Crippen molar-refractivity contribution in [2.45, 2.75) is 58.8 Å². The third kappa shape index (κ3) is 5.20. The maximum Gasteiger partial charge on any atom is 0.226 e. The predicted octanol–water partition coefficient (Wildman–Crippen LogP) is 3.89. The number of carbonyl (C=O) groups is 1. The fraction of sp³-hybridized carbons (Fsp3) is 0.500. The normalized spacial score (nSPS) is 11.5. The van der Waals surface area contributed by atoms with E-state index in [0.717, 1.165) is 12.1 Å². The van der Waals surface area contributed by atoms with E-state index in [1.165, 1.54) is 5.56 Å². The standard InChI is InChI=1S/C18H25N3O2/c1-5-13-8-6-9-14(12-13)19-15(22)10-7-11-16-20-17(21-23-16)18(2,3)4/h6,8-9,12H,5,7,10-11H2,1-4H3,(H,19,22). The molecule has 1 aromatic heterocycles. The average Bonchev–Trinajstić information content (AvgIpc) is 2.96. The van der Waals surface area contributed by atoms with Gasteiger partial charge in [-0.3, -0.25) is 4.79 Å². The molecule has 1 N–H and O–H groups in total. The van der Waals surface area contributed by atoms with Gasteiger partial charge in [-0.15, -0.1) is 0 Å². The number of hydrogen-bond donors (Lipinski definition) is 1. The van der Waals surface area contributed by atoms with Crippen molar-refractivity contribution in [3.8, 4) is 0 Å². The average molecular weight is 315 g/mol. The molecule has 0 aliphatic rings.